The molecule has 5 aromatic carbocycles. The van der Waals surface area contributed by atoms with Gasteiger partial charge < -0.3 is 29.2 Å². The number of nitrogens with zero attached hydrogens (tertiary/aromatic N) is 4. The lowest BCUT2D eigenvalue weighted by atomic mass is 9.93. The number of nitrogens with one attached hydrogen (secondary N) is 4. The van der Waals surface area contributed by atoms with Gasteiger partial charge >= 0.3 is 12.1 Å². The van der Waals surface area contributed by atoms with Crippen LogP contribution in [0.25, 0.3) is 21.8 Å². The summed E-state index contributed by atoms with van der Waals surface area (Å²) in [5.41, 5.74) is 4.34. The number of aromatic nitrogens is 4. The Morgan fingerprint density at radius 2 is 0.984 bits per heavy atom. The molecule has 3 aromatic heterocycles. The topological polar surface area (TPSA) is 192 Å². The van der Waals surface area contributed by atoms with E-state index >= 15 is 0 Å². The lowest BCUT2D eigenvalue weighted by Gasteiger charge is -2.12. The number of rotatable bonds is 10. The highest BCUT2D eigenvalue weighted by Crippen LogP contribution is 2.26. The highest BCUT2D eigenvalue weighted by Gasteiger charge is 2.21. The van der Waals surface area contributed by atoms with E-state index in [1.807, 2.05) is 84.0 Å². The van der Waals surface area contributed by atoms with Crippen molar-refractivity contribution in [3.05, 3.63) is 144 Å². The molecule has 0 bridgehead atoms. The van der Waals surface area contributed by atoms with Crippen LogP contribution in [0, 0.1) is 0 Å². The number of carbonyl (C=O) groups is 2. The molecule has 0 unspecified atom stereocenters. The Balaban J connectivity index is 0.000000184. The molecule has 0 atom stereocenters. The predicted molar refractivity (Wildman–Crippen MR) is 233 cm³/mol. The SMILES string of the molecule is CC(C)(C)c1cc(NC(=O)Nc2ccc(OCc3ccc4ccccc4c3)cc2)no1.CC(C)(C)c1cc(NC(=O)Nc2ccc(OCc3ccc4nonc4c3)cc2)no1. The van der Waals surface area contributed by atoms with E-state index in [2.05, 4.69) is 72.2 Å². The van der Waals surface area contributed by atoms with Crippen LogP contribution < -0.4 is 30.7 Å². The van der Waals surface area contributed by atoms with Crippen LogP contribution in [0.4, 0.5) is 32.6 Å². The molecule has 8 rings (SSSR count). The van der Waals surface area contributed by atoms with E-state index < -0.39 is 12.1 Å². The van der Waals surface area contributed by atoms with Gasteiger partial charge in [0.05, 0.1) is 0 Å². The van der Waals surface area contributed by atoms with Crippen LogP contribution in [0.15, 0.2) is 135 Å². The first-order valence-electron chi connectivity index (χ1n) is 19.5. The number of urea groups is 2. The van der Waals surface area contributed by atoms with Gasteiger partial charge in [0.2, 0.25) is 0 Å². The summed E-state index contributed by atoms with van der Waals surface area (Å²) in [6, 6.07) is 37.1. The fraction of sp³-hybridized carbons (Fsp3) is 0.217. The molecular weight excluding hydrogens is 777 g/mol. The third-order valence-corrected chi connectivity index (χ3v) is 9.15. The molecule has 0 fully saturated rings. The van der Waals surface area contributed by atoms with Crippen LogP contribution in [-0.4, -0.2) is 32.7 Å². The summed E-state index contributed by atoms with van der Waals surface area (Å²) in [5.74, 6) is 3.53. The molecule has 312 valence electrons. The van der Waals surface area contributed by atoms with Gasteiger partial charge in [-0.3, -0.25) is 10.6 Å². The van der Waals surface area contributed by atoms with Crippen LogP contribution in [0.5, 0.6) is 11.5 Å². The van der Waals surface area contributed by atoms with Crippen molar-refractivity contribution in [3.8, 4) is 11.5 Å². The maximum atomic E-state index is 12.2. The van der Waals surface area contributed by atoms with E-state index in [0.29, 0.717) is 64.5 Å². The molecule has 15 nitrogen and oxygen atoms in total. The molecule has 61 heavy (non-hydrogen) atoms. The molecular formula is C46H46N8O7. The quantitative estimate of drug-likeness (QED) is 0.103. The monoisotopic (exact) mass is 822 g/mol. The summed E-state index contributed by atoms with van der Waals surface area (Å²) in [6.07, 6.45) is 0. The number of hydrogen-bond acceptors (Lipinski definition) is 11. The van der Waals surface area contributed by atoms with E-state index in [1.165, 1.54) is 10.8 Å². The van der Waals surface area contributed by atoms with Crippen LogP contribution in [0.3, 0.4) is 0 Å². The van der Waals surface area contributed by atoms with Crippen molar-refractivity contribution in [2.45, 2.75) is 65.6 Å². The molecule has 3 heterocycles. The molecule has 4 N–H and O–H groups in total. The summed E-state index contributed by atoms with van der Waals surface area (Å²) in [5, 5.41) is 28.6. The lowest BCUT2D eigenvalue weighted by molar-refractivity contribution is 0.261. The fourth-order valence-corrected chi connectivity index (χ4v) is 5.78. The summed E-state index contributed by atoms with van der Waals surface area (Å²) in [6.45, 7) is 12.9. The van der Waals surface area contributed by atoms with E-state index in [4.69, 9.17) is 23.1 Å². The minimum absolute atomic E-state index is 0.175. The maximum Gasteiger partial charge on any atom is 0.324 e. The summed E-state index contributed by atoms with van der Waals surface area (Å²) in [7, 11) is 0. The van der Waals surface area contributed by atoms with Crippen molar-refractivity contribution in [3.63, 3.8) is 0 Å². The Kier molecular flexibility index (Phi) is 12.3. The number of benzene rings is 5. The Morgan fingerprint density at radius 1 is 0.508 bits per heavy atom. The molecule has 0 spiro atoms. The van der Waals surface area contributed by atoms with Gasteiger partial charge in [0.1, 0.15) is 47.3 Å². The zero-order valence-corrected chi connectivity index (χ0v) is 34.6. The average Bonchev–Trinajstić information content (AvgIpc) is 4.02. The van der Waals surface area contributed by atoms with Gasteiger partial charge in [-0.15, -0.1) is 0 Å². The smallest absolute Gasteiger partial charge is 0.324 e. The van der Waals surface area contributed by atoms with Crippen LogP contribution in [-0.2, 0) is 24.0 Å². The largest absolute Gasteiger partial charge is 0.489 e. The molecule has 0 aliphatic carbocycles. The third kappa shape index (κ3) is 11.5. The molecule has 8 aromatic rings. The minimum Gasteiger partial charge on any atom is -0.489 e. The first kappa shape index (κ1) is 41.5. The number of amides is 4. The van der Waals surface area contributed by atoms with E-state index in [9.17, 15) is 9.59 Å². The van der Waals surface area contributed by atoms with E-state index in [-0.39, 0.29) is 10.8 Å². The summed E-state index contributed by atoms with van der Waals surface area (Å²) < 4.78 is 26.9. The van der Waals surface area contributed by atoms with Gasteiger partial charge in [0, 0.05) is 34.3 Å². The molecule has 15 heteroatoms. The standard InChI is InChI=1S/C25H25N3O3.C21H21N5O4/c1-25(2,3)22-15-23(28-31-22)27-24(29)26-20-10-12-21(13-11-20)30-16-17-8-9-18-6-4-5-7-19(18)14-17;1-21(2,3)18-11-19(26-29-18)23-20(27)22-14-5-7-15(8-6-14)28-12-13-4-9-16-17(10-13)25-30-24-16/h4-15H,16H2,1-3H3,(H2,26,27,28,29);4-11H,12H2,1-3H3,(H2,22,23,26,27). The Labute approximate surface area is 351 Å². The summed E-state index contributed by atoms with van der Waals surface area (Å²) in [4.78, 5) is 24.4. The van der Waals surface area contributed by atoms with Gasteiger partial charge in [-0.1, -0.05) is 94.3 Å². The molecule has 0 aliphatic rings. The average molecular weight is 823 g/mol. The van der Waals surface area contributed by atoms with Crippen molar-refractivity contribution in [2.24, 2.45) is 0 Å². The van der Waals surface area contributed by atoms with Crippen molar-refractivity contribution in [1.82, 2.24) is 20.6 Å². The molecule has 0 radical (unpaired) electrons. The minimum atomic E-state index is -0.410. The second-order valence-electron chi connectivity index (χ2n) is 16.2. The second-order valence-corrected chi connectivity index (χ2v) is 16.2. The summed E-state index contributed by atoms with van der Waals surface area (Å²) >= 11 is 0. The zero-order chi connectivity index (χ0) is 43.0. The number of fused-ring (bicyclic) bond motifs is 2. The van der Waals surface area contributed by atoms with Crippen LogP contribution >= 0.6 is 0 Å². The van der Waals surface area contributed by atoms with Gasteiger partial charge in [-0.05, 0) is 98.9 Å². The number of hydrogen-bond donors (Lipinski definition) is 4. The Morgan fingerprint density at radius 3 is 1.49 bits per heavy atom. The van der Waals surface area contributed by atoms with Gasteiger partial charge in [0.15, 0.2) is 11.6 Å². The van der Waals surface area contributed by atoms with E-state index in [1.54, 1.807) is 48.5 Å². The Hall–Kier alpha value is -7.68. The van der Waals surface area contributed by atoms with Gasteiger partial charge in [-0.25, -0.2) is 14.2 Å². The van der Waals surface area contributed by atoms with Gasteiger partial charge in [0.25, 0.3) is 0 Å². The fourth-order valence-electron chi connectivity index (χ4n) is 5.78. The number of anilines is 4. The first-order valence-corrected chi connectivity index (χ1v) is 19.5. The normalized spacial score (nSPS) is 11.4. The van der Waals surface area contributed by atoms with E-state index in [0.717, 1.165) is 16.9 Å². The van der Waals surface area contributed by atoms with Crippen LogP contribution in [0.1, 0.15) is 64.2 Å². The first-order chi connectivity index (χ1) is 29.2. The van der Waals surface area contributed by atoms with Gasteiger partial charge in [-0.2, -0.15) is 0 Å². The highest BCUT2D eigenvalue weighted by molar-refractivity contribution is 5.99. The number of carbonyl (C=O) groups excluding carboxylic acids is 2. The highest BCUT2D eigenvalue weighted by atomic mass is 16.6. The van der Waals surface area contributed by atoms with Crippen molar-refractivity contribution in [1.29, 1.82) is 0 Å². The predicted octanol–water partition coefficient (Wildman–Crippen LogP) is 11.1. The molecule has 0 saturated heterocycles. The number of ether oxygens (including phenoxy) is 2. The zero-order valence-electron chi connectivity index (χ0n) is 34.6. The van der Waals surface area contributed by atoms with Crippen LogP contribution in [0.2, 0.25) is 0 Å². The van der Waals surface area contributed by atoms with Crippen molar-refractivity contribution in [2.75, 3.05) is 21.3 Å². The maximum absolute atomic E-state index is 12.2. The lowest BCUT2D eigenvalue weighted by Crippen LogP contribution is -2.19. The second kappa shape index (κ2) is 18.1. The molecule has 4 amide bonds. The molecule has 0 saturated carbocycles. The Bertz CT molecular complexity index is 2730. The third-order valence-electron chi connectivity index (χ3n) is 9.15. The van der Waals surface area contributed by atoms with Crippen molar-refractivity contribution >= 4 is 56.9 Å². The molecule has 0 aliphatic heterocycles. The van der Waals surface area contributed by atoms with Crippen molar-refractivity contribution < 1.29 is 32.7 Å².